The van der Waals surface area contributed by atoms with E-state index in [4.69, 9.17) is 4.74 Å². The first-order chi connectivity index (χ1) is 11.1. The summed E-state index contributed by atoms with van der Waals surface area (Å²) in [5, 5.41) is 5.05. The van der Waals surface area contributed by atoms with Gasteiger partial charge in [-0.2, -0.15) is 0 Å². The largest absolute Gasteiger partial charge is 0.426 e. The first kappa shape index (κ1) is 14.0. The van der Waals surface area contributed by atoms with Gasteiger partial charge in [0.1, 0.15) is 5.75 Å². The fourth-order valence-electron chi connectivity index (χ4n) is 2.82. The van der Waals surface area contributed by atoms with Crippen molar-refractivity contribution in [3.8, 4) is 5.75 Å². The number of esters is 1. The molecule has 5 heteroatoms. The summed E-state index contributed by atoms with van der Waals surface area (Å²) in [7, 11) is -1.33. The third kappa shape index (κ3) is 2.21. The van der Waals surface area contributed by atoms with Crippen LogP contribution < -0.4 is 10.1 Å². The fraction of sp³-hybridized carbons (Fsp3) is 0.0556. The topological polar surface area (TPSA) is 55.4 Å². The van der Waals surface area contributed by atoms with E-state index in [1.807, 2.05) is 48.5 Å². The highest BCUT2D eigenvalue weighted by Crippen LogP contribution is 2.44. The quantitative estimate of drug-likeness (QED) is 0.425. The van der Waals surface area contributed by atoms with Crippen LogP contribution in [0.5, 0.6) is 5.75 Å². The average molecular weight is 323 g/mol. The number of carbonyl (C=O) groups excluding carboxylic acids is 1. The summed E-state index contributed by atoms with van der Waals surface area (Å²) in [6.45, 7) is 1.36. The minimum absolute atomic E-state index is 0.398. The van der Waals surface area contributed by atoms with Gasteiger partial charge in [-0.3, -0.25) is 4.79 Å². The summed E-state index contributed by atoms with van der Waals surface area (Å²) in [4.78, 5) is 12.7. The maximum absolute atomic E-state index is 12.9. The average Bonchev–Trinajstić information content (AvgIpc) is 2.56. The number of benzene rings is 3. The maximum Gasteiger partial charge on any atom is 0.308 e. The fourth-order valence-corrected chi connectivity index (χ4v) is 4.14. The molecule has 3 aromatic carbocycles. The SMILES string of the molecule is CC(=O)Oc1cc2c(c3ccccc13)Nc1ccccc1S2=O. The van der Waals surface area contributed by atoms with E-state index >= 15 is 0 Å². The highest BCUT2D eigenvalue weighted by molar-refractivity contribution is 7.85. The molecule has 1 unspecified atom stereocenters. The highest BCUT2D eigenvalue weighted by atomic mass is 32.2. The van der Waals surface area contributed by atoms with Crippen LogP contribution in [0.1, 0.15) is 6.92 Å². The van der Waals surface area contributed by atoms with E-state index in [9.17, 15) is 9.00 Å². The molecular weight excluding hydrogens is 310 g/mol. The normalized spacial score (nSPS) is 15.4. The van der Waals surface area contributed by atoms with Gasteiger partial charge in [0.2, 0.25) is 0 Å². The van der Waals surface area contributed by atoms with Crippen molar-refractivity contribution in [1.29, 1.82) is 0 Å². The van der Waals surface area contributed by atoms with E-state index in [-0.39, 0.29) is 0 Å². The molecule has 1 heterocycles. The monoisotopic (exact) mass is 323 g/mol. The Morgan fingerprint density at radius 3 is 2.48 bits per heavy atom. The second-order valence-corrected chi connectivity index (χ2v) is 6.69. The van der Waals surface area contributed by atoms with Gasteiger partial charge in [0.25, 0.3) is 0 Å². The van der Waals surface area contributed by atoms with Crippen molar-refractivity contribution in [2.45, 2.75) is 16.7 Å². The van der Waals surface area contributed by atoms with Crippen LogP contribution in [0.15, 0.2) is 64.4 Å². The molecule has 1 atom stereocenters. The Labute approximate surface area is 135 Å². The molecule has 0 fully saturated rings. The van der Waals surface area contributed by atoms with Gasteiger partial charge in [-0.15, -0.1) is 0 Å². The molecule has 1 N–H and O–H groups in total. The van der Waals surface area contributed by atoms with E-state index in [1.165, 1.54) is 6.92 Å². The van der Waals surface area contributed by atoms with E-state index in [2.05, 4.69) is 5.32 Å². The number of fused-ring (bicyclic) bond motifs is 4. The first-order valence-corrected chi connectivity index (χ1v) is 8.32. The Bertz CT molecular complexity index is 981. The summed E-state index contributed by atoms with van der Waals surface area (Å²) in [6.07, 6.45) is 0. The van der Waals surface area contributed by atoms with Gasteiger partial charge in [-0.1, -0.05) is 36.4 Å². The highest BCUT2D eigenvalue weighted by Gasteiger charge is 2.25. The third-order valence-corrected chi connectivity index (χ3v) is 5.25. The Balaban J connectivity index is 2.02. The Kier molecular flexibility index (Phi) is 3.16. The van der Waals surface area contributed by atoms with Crippen LogP contribution in [-0.4, -0.2) is 10.2 Å². The molecule has 0 bridgehead atoms. The van der Waals surface area contributed by atoms with Crippen LogP contribution in [0.4, 0.5) is 11.4 Å². The molecule has 0 aliphatic carbocycles. The van der Waals surface area contributed by atoms with Crippen LogP contribution in [0, 0.1) is 0 Å². The summed E-state index contributed by atoms with van der Waals surface area (Å²) < 4.78 is 18.2. The van der Waals surface area contributed by atoms with Gasteiger partial charge in [0, 0.05) is 23.8 Å². The van der Waals surface area contributed by atoms with Crippen molar-refractivity contribution < 1.29 is 13.7 Å². The minimum atomic E-state index is -1.33. The number of rotatable bonds is 1. The van der Waals surface area contributed by atoms with E-state index in [0.29, 0.717) is 10.6 Å². The van der Waals surface area contributed by atoms with Gasteiger partial charge in [-0.05, 0) is 12.1 Å². The summed E-state index contributed by atoms with van der Waals surface area (Å²) in [5.74, 6) is 0.0337. The number of hydrogen-bond acceptors (Lipinski definition) is 4. The minimum Gasteiger partial charge on any atom is -0.426 e. The molecule has 4 rings (SSSR count). The summed E-state index contributed by atoms with van der Waals surface area (Å²) >= 11 is 0. The van der Waals surface area contributed by atoms with Gasteiger partial charge < -0.3 is 10.1 Å². The zero-order valence-corrected chi connectivity index (χ0v) is 13.1. The van der Waals surface area contributed by atoms with Crippen LogP contribution in [0.2, 0.25) is 0 Å². The van der Waals surface area contributed by atoms with Crippen molar-refractivity contribution >= 4 is 38.9 Å². The lowest BCUT2D eigenvalue weighted by Crippen LogP contribution is -2.10. The molecule has 1 aliphatic heterocycles. The lowest BCUT2D eigenvalue weighted by molar-refractivity contribution is -0.131. The molecule has 1 aliphatic rings. The molecule has 0 spiro atoms. The lowest BCUT2D eigenvalue weighted by atomic mass is 10.1. The maximum atomic E-state index is 12.9. The Morgan fingerprint density at radius 1 is 1.00 bits per heavy atom. The lowest BCUT2D eigenvalue weighted by Gasteiger charge is -2.23. The summed E-state index contributed by atoms with van der Waals surface area (Å²) in [5.41, 5.74) is 1.64. The molecular formula is C18H13NO3S. The molecule has 0 amide bonds. The van der Waals surface area contributed by atoms with Gasteiger partial charge in [0.15, 0.2) is 0 Å². The van der Waals surface area contributed by atoms with Gasteiger partial charge in [-0.25, -0.2) is 4.21 Å². The van der Waals surface area contributed by atoms with Crippen molar-refractivity contribution in [1.82, 2.24) is 0 Å². The van der Waals surface area contributed by atoms with E-state index in [1.54, 1.807) is 6.07 Å². The molecule has 0 saturated carbocycles. The summed E-state index contributed by atoms with van der Waals surface area (Å²) in [6, 6.07) is 16.8. The second-order valence-electron chi connectivity index (χ2n) is 5.28. The molecule has 4 nitrogen and oxygen atoms in total. The third-order valence-electron chi connectivity index (χ3n) is 3.77. The molecule has 3 aromatic rings. The van der Waals surface area contributed by atoms with Crippen molar-refractivity contribution in [2.75, 3.05) is 5.32 Å². The van der Waals surface area contributed by atoms with Crippen molar-refractivity contribution in [3.05, 3.63) is 54.6 Å². The van der Waals surface area contributed by atoms with Crippen LogP contribution in [0.25, 0.3) is 10.8 Å². The van der Waals surface area contributed by atoms with Crippen LogP contribution >= 0.6 is 0 Å². The molecule has 0 radical (unpaired) electrons. The number of para-hydroxylation sites is 1. The van der Waals surface area contributed by atoms with E-state index in [0.717, 1.165) is 27.0 Å². The zero-order valence-electron chi connectivity index (χ0n) is 12.3. The number of ether oxygens (including phenoxy) is 1. The van der Waals surface area contributed by atoms with Gasteiger partial charge in [0.05, 0.1) is 32.0 Å². The molecule has 0 saturated heterocycles. The number of nitrogens with one attached hydrogen (secondary N) is 1. The van der Waals surface area contributed by atoms with E-state index < -0.39 is 16.8 Å². The predicted molar refractivity (Wildman–Crippen MR) is 89.7 cm³/mol. The second kappa shape index (κ2) is 5.21. The number of carbonyl (C=O) groups is 1. The van der Waals surface area contributed by atoms with Crippen LogP contribution in [0.3, 0.4) is 0 Å². The van der Waals surface area contributed by atoms with Crippen molar-refractivity contribution in [2.24, 2.45) is 0 Å². The smallest absolute Gasteiger partial charge is 0.308 e. The molecule has 23 heavy (non-hydrogen) atoms. The predicted octanol–water partition coefficient (Wildman–Crippen LogP) is 3.99. The standard InChI is InChI=1S/C18H13NO3S/c1-11(20)22-15-10-17-18(13-7-3-2-6-12(13)15)19-14-8-4-5-9-16(14)23(17)21/h2-10,19H,1H3. The zero-order chi connectivity index (χ0) is 16.0. The Morgan fingerprint density at radius 2 is 1.70 bits per heavy atom. The van der Waals surface area contributed by atoms with Gasteiger partial charge >= 0.3 is 5.97 Å². The number of anilines is 2. The van der Waals surface area contributed by atoms with Crippen LogP contribution in [-0.2, 0) is 15.6 Å². The number of hydrogen-bond donors (Lipinski definition) is 1. The molecule has 114 valence electrons. The molecule has 0 aromatic heterocycles. The van der Waals surface area contributed by atoms with Crippen molar-refractivity contribution in [3.63, 3.8) is 0 Å². The Hall–Kier alpha value is -2.66. The first-order valence-electron chi connectivity index (χ1n) is 7.17.